The first-order valence-corrected chi connectivity index (χ1v) is 4.37. The summed E-state index contributed by atoms with van der Waals surface area (Å²) in [5.41, 5.74) is 1.48. The highest BCUT2D eigenvalue weighted by atomic mass is 14.2. The molecule has 0 nitrogen and oxygen atoms in total. The van der Waals surface area contributed by atoms with Crippen LogP contribution in [-0.2, 0) is 0 Å². The van der Waals surface area contributed by atoms with E-state index in [4.69, 9.17) is 0 Å². The molecule has 0 heteroatoms. The van der Waals surface area contributed by atoms with Crippen LogP contribution in [-0.4, -0.2) is 0 Å². The van der Waals surface area contributed by atoms with Crippen molar-refractivity contribution in [3.8, 4) is 0 Å². The fraction of sp³-hybridized carbons (Fsp3) is 0.800. The minimum Gasteiger partial charge on any atom is -0.0999 e. The Morgan fingerprint density at radius 2 is 2.20 bits per heavy atom. The molecule has 1 unspecified atom stereocenters. The van der Waals surface area contributed by atoms with E-state index in [0.717, 1.165) is 11.8 Å². The first kappa shape index (κ1) is 7.84. The molecule has 0 aromatic heterocycles. The second-order valence-electron chi connectivity index (χ2n) is 3.85. The van der Waals surface area contributed by atoms with E-state index >= 15 is 0 Å². The molecule has 1 rings (SSSR count). The minimum absolute atomic E-state index is 0.858. The lowest BCUT2D eigenvalue weighted by Crippen LogP contribution is -2.13. The van der Waals surface area contributed by atoms with E-state index in [1.807, 2.05) is 0 Å². The minimum atomic E-state index is 0.858. The smallest absolute Gasteiger partial charge is 0.0292 e. The lowest BCUT2D eigenvalue weighted by molar-refractivity contribution is 0.320. The van der Waals surface area contributed by atoms with Crippen LogP contribution < -0.4 is 0 Å². The van der Waals surface area contributed by atoms with E-state index in [-0.39, 0.29) is 0 Å². The van der Waals surface area contributed by atoms with Gasteiger partial charge in [0, 0.05) is 0 Å². The molecule has 0 aromatic rings. The van der Waals surface area contributed by atoms with E-state index in [9.17, 15) is 0 Å². The maximum absolute atomic E-state index is 4.05. The van der Waals surface area contributed by atoms with Gasteiger partial charge in [-0.1, -0.05) is 26.0 Å². The first-order valence-electron chi connectivity index (χ1n) is 4.37. The SMILES string of the molecule is C=C1CCCC(C(C)C)C1. The first-order chi connectivity index (χ1) is 4.70. The lowest BCUT2D eigenvalue weighted by atomic mass is 9.80. The Bertz CT molecular complexity index is 122. The summed E-state index contributed by atoms with van der Waals surface area (Å²) in [6.07, 6.45) is 5.37. The normalized spacial score (nSPS) is 27.5. The molecule has 1 aliphatic rings. The molecule has 1 atom stereocenters. The van der Waals surface area contributed by atoms with Gasteiger partial charge in [0.1, 0.15) is 0 Å². The Kier molecular flexibility index (Phi) is 2.53. The molecule has 1 fully saturated rings. The van der Waals surface area contributed by atoms with E-state index in [1.165, 1.54) is 31.3 Å². The highest BCUT2D eigenvalue weighted by Crippen LogP contribution is 2.31. The van der Waals surface area contributed by atoms with Crippen LogP contribution >= 0.6 is 0 Å². The zero-order chi connectivity index (χ0) is 7.56. The number of rotatable bonds is 1. The van der Waals surface area contributed by atoms with Gasteiger partial charge in [0.15, 0.2) is 0 Å². The standard InChI is InChI=1S/C10H18/c1-8(2)10-6-4-5-9(3)7-10/h8,10H,3-7H2,1-2H3. The molecule has 1 aliphatic carbocycles. The van der Waals surface area contributed by atoms with Crippen molar-refractivity contribution < 1.29 is 0 Å². The van der Waals surface area contributed by atoms with Crippen molar-refractivity contribution in [1.82, 2.24) is 0 Å². The number of hydrogen-bond donors (Lipinski definition) is 0. The summed E-state index contributed by atoms with van der Waals surface area (Å²) in [4.78, 5) is 0. The molecule has 0 aromatic carbocycles. The van der Waals surface area contributed by atoms with Gasteiger partial charge in [0.2, 0.25) is 0 Å². The van der Waals surface area contributed by atoms with E-state index in [0.29, 0.717) is 0 Å². The van der Waals surface area contributed by atoms with Gasteiger partial charge < -0.3 is 0 Å². The lowest BCUT2D eigenvalue weighted by Gasteiger charge is -2.26. The quantitative estimate of drug-likeness (QED) is 0.487. The van der Waals surface area contributed by atoms with Gasteiger partial charge in [-0.05, 0) is 37.5 Å². The van der Waals surface area contributed by atoms with Crippen molar-refractivity contribution >= 4 is 0 Å². The average Bonchev–Trinajstić information content (AvgIpc) is 1.88. The van der Waals surface area contributed by atoms with Crippen LogP contribution in [0.25, 0.3) is 0 Å². The van der Waals surface area contributed by atoms with Crippen LogP contribution in [0.2, 0.25) is 0 Å². The van der Waals surface area contributed by atoms with Gasteiger partial charge >= 0.3 is 0 Å². The Balaban J connectivity index is 2.39. The van der Waals surface area contributed by atoms with Gasteiger partial charge in [-0.15, -0.1) is 0 Å². The van der Waals surface area contributed by atoms with Crippen LogP contribution in [0.3, 0.4) is 0 Å². The van der Waals surface area contributed by atoms with Crippen LogP contribution in [0.1, 0.15) is 39.5 Å². The Labute approximate surface area is 64.3 Å². The summed E-state index contributed by atoms with van der Waals surface area (Å²) in [6.45, 7) is 8.69. The Morgan fingerprint density at radius 3 is 2.60 bits per heavy atom. The van der Waals surface area contributed by atoms with Crippen LogP contribution in [0.4, 0.5) is 0 Å². The zero-order valence-electron chi connectivity index (χ0n) is 7.19. The summed E-state index contributed by atoms with van der Waals surface area (Å²) < 4.78 is 0. The van der Waals surface area contributed by atoms with E-state index in [2.05, 4.69) is 20.4 Å². The molecule has 0 radical (unpaired) electrons. The van der Waals surface area contributed by atoms with Gasteiger partial charge in [0.25, 0.3) is 0 Å². The van der Waals surface area contributed by atoms with Gasteiger partial charge in [-0.25, -0.2) is 0 Å². The highest BCUT2D eigenvalue weighted by Gasteiger charge is 2.18. The number of hydrogen-bond acceptors (Lipinski definition) is 0. The van der Waals surface area contributed by atoms with Crippen molar-refractivity contribution in [3.63, 3.8) is 0 Å². The third-order valence-corrected chi connectivity index (χ3v) is 2.60. The predicted molar refractivity (Wildman–Crippen MR) is 45.9 cm³/mol. The van der Waals surface area contributed by atoms with Crippen molar-refractivity contribution in [1.29, 1.82) is 0 Å². The summed E-state index contributed by atoms with van der Waals surface area (Å²) in [6, 6.07) is 0. The molecule has 1 saturated carbocycles. The summed E-state index contributed by atoms with van der Waals surface area (Å²) in [5.74, 6) is 1.79. The maximum Gasteiger partial charge on any atom is -0.0292 e. The molecular weight excluding hydrogens is 120 g/mol. The zero-order valence-corrected chi connectivity index (χ0v) is 7.19. The van der Waals surface area contributed by atoms with Crippen molar-refractivity contribution in [2.24, 2.45) is 11.8 Å². The summed E-state index contributed by atoms with van der Waals surface area (Å²) in [5, 5.41) is 0. The Morgan fingerprint density at radius 1 is 1.50 bits per heavy atom. The molecule has 0 aliphatic heterocycles. The fourth-order valence-electron chi connectivity index (χ4n) is 1.76. The van der Waals surface area contributed by atoms with Gasteiger partial charge in [-0.3, -0.25) is 0 Å². The molecule has 0 heterocycles. The molecule has 58 valence electrons. The third-order valence-electron chi connectivity index (χ3n) is 2.60. The Hall–Kier alpha value is -0.260. The second-order valence-corrected chi connectivity index (χ2v) is 3.85. The molecular formula is C10H18. The molecule has 0 bridgehead atoms. The summed E-state index contributed by atoms with van der Waals surface area (Å²) >= 11 is 0. The van der Waals surface area contributed by atoms with Crippen molar-refractivity contribution in [2.45, 2.75) is 39.5 Å². The summed E-state index contributed by atoms with van der Waals surface area (Å²) in [7, 11) is 0. The van der Waals surface area contributed by atoms with Crippen molar-refractivity contribution in [3.05, 3.63) is 12.2 Å². The largest absolute Gasteiger partial charge is 0.0999 e. The predicted octanol–water partition coefficient (Wildman–Crippen LogP) is 3.39. The molecule has 0 amide bonds. The van der Waals surface area contributed by atoms with Crippen LogP contribution in [0, 0.1) is 11.8 Å². The van der Waals surface area contributed by atoms with Crippen LogP contribution in [0.15, 0.2) is 12.2 Å². The van der Waals surface area contributed by atoms with E-state index < -0.39 is 0 Å². The molecule has 10 heavy (non-hydrogen) atoms. The topological polar surface area (TPSA) is 0 Å². The second kappa shape index (κ2) is 3.23. The van der Waals surface area contributed by atoms with Gasteiger partial charge in [0.05, 0.1) is 0 Å². The number of allylic oxidation sites excluding steroid dienone is 1. The maximum atomic E-state index is 4.05. The average molecular weight is 138 g/mol. The molecule has 0 N–H and O–H groups in total. The highest BCUT2D eigenvalue weighted by molar-refractivity contribution is 4.99. The third kappa shape index (κ3) is 1.86. The van der Waals surface area contributed by atoms with Gasteiger partial charge in [-0.2, -0.15) is 0 Å². The molecule has 0 spiro atoms. The monoisotopic (exact) mass is 138 g/mol. The molecule has 0 saturated heterocycles. The van der Waals surface area contributed by atoms with Crippen molar-refractivity contribution in [2.75, 3.05) is 0 Å². The van der Waals surface area contributed by atoms with Crippen LogP contribution in [0.5, 0.6) is 0 Å². The fourth-order valence-corrected chi connectivity index (χ4v) is 1.76. The van der Waals surface area contributed by atoms with E-state index in [1.54, 1.807) is 0 Å².